The Morgan fingerprint density at radius 1 is 1.53 bits per heavy atom. The van der Waals surface area contributed by atoms with Gasteiger partial charge >= 0.3 is 0 Å². The van der Waals surface area contributed by atoms with Crippen LogP contribution in [0.2, 0.25) is 0 Å². The number of benzene rings is 1. The summed E-state index contributed by atoms with van der Waals surface area (Å²) in [6.07, 6.45) is 2.07. The molecular formula is C14H23N3OS. The van der Waals surface area contributed by atoms with Gasteiger partial charge in [-0.15, -0.1) is 0 Å². The zero-order valence-corrected chi connectivity index (χ0v) is 12.9. The Hall–Kier alpha value is -1.20. The van der Waals surface area contributed by atoms with Crippen molar-refractivity contribution in [1.29, 1.82) is 0 Å². The van der Waals surface area contributed by atoms with E-state index in [1.54, 1.807) is 17.8 Å². The lowest BCUT2D eigenvalue weighted by Crippen LogP contribution is -2.37. The summed E-state index contributed by atoms with van der Waals surface area (Å²) in [6, 6.07) is 5.91. The molecule has 0 radical (unpaired) electrons. The first-order chi connectivity index (χ1) is 8.93. The van der Waals surface area contributed by atoms with Crippen LogP contribution in [0, 0.1) is 6.92 Å². The van der Waals surface area contributed by atoms with Gasteiger partial charge in [-0.1, -0.05) is 6.07 Å². The second-order valence-corrected chi connectivity index (χ2v) is 5.75. The van der Waals surface area contributed by atoms with Crippen LogP contribution in [0.3, 0.4) is 0 Å². The first-order valence-electron chi connectivity index (χ1n) is 6.29. The van der Waals surface area contributed by atoms with Gasteiger partial charge in [0.25, 0.3) is 0 Å². The van der Waals surface area contributed by atoms with Gasteiger partial charge in [-0.25, -0.2) is 0 Å². The van der Waals surface area contributed by atoms with Crippen LogP contribution in [0.4, 0.5) is 11.4 Å². The van der Waals surface area contributed by atoms with Crippen LogP contribution in [0.15, 0.2) is 18.2 Å². The SMILES string of the molecule is CSCC(C)N(C)CC(=O)Nc1cc(N)ccc1C. The number of carbonyl (C=O) groups is 1. The number of nitrogens with two attached hydrogens (primary N) is 1. The Morgan fingerprint density at radius 3 is 2.84 bits per heavy atom. The molecule has 1 unspecified atom stereocenters. The largest absolute Gasteiger partial charge is 0.399 e. The van der Waals surface area contributed by atoms with Crippen LogP contribution in [0.5, 0.6) is 0 Å². The molecule has 0 aliphatic carbocycles. The minimum absolute atomic E-state index is 0.0100. The van der Waals surface area contributed by atoms with E-state index in [1.165, 1.54) is 0 Å². The minimum Gasteiger partial charge on any atom is -0.399 e. The molecule has 1 amide bonds. The van der Waals surface area contributed by atoms with E-state index in [0.717, 1.165) is 17.0 Å². The number of thioether (sulfide) groups is 1. The van der Waals surface area contributed by atoms with Crippen LogP contribution in [0.25, 0.3) is 0 Å². The molecule has 1 aromatic rings. The molecule has 1 rings (SSSR count). The molecule has 1 aromatic carbocycles. The quantitative estimate of drug-likeness (QED) is 0.785. The summed E-state index contributed by atoms with van der Waals surface area (Å²) in [5, 5.41) is 2.91. The van der Waals surface area contributed by atoms with Crippen molar-refractivity contribution in [3.63, 3.8) is 0 Å². The Labute approximate surface area is 119 Å². The van der Waals surface area contributed by atoms with Gasteiger partial charge in [-0.2, -0.15) is 11.8 Å². The van der Waals surface area contributed by atoms with Gasteiger partial charge in [0.2, 0.25) is 5.91 Å². The topological polar surface area (TPSA) is 58.4 Å². The molecule has 4 nitrogen and oxygen atoms in total. The van der Waals surface area contributed by atoms with E-state index in [4.69, 9.17) is 5.73 Å². The van der Waals surface area contributed by atoms with Gasteiger partial charge in [-0.3, -0.25) is 9.69 Å². The van der Waals surface area contributed by atoms with Crippen LogP contribution in [-0.4, -0.2) is 42.4 Å². The maximum Gasteiger partial charge on any atom is 0.238 e. The number of nitrogens with zero attached hydrogens (tertiary/aromatic N) is 1. The maximum atomic E-state index is 12.0. The van der Waals surface area contributed by atoms with Gasteiger partial charge in [0.05, 0.1) is 6.54 Å². The second-order valence-electron chi connectivity index (χ2n) is 4.84. The fourth-order valence-electron chi connectivity index (χ4n) is 1.71. The van der Waals surface area contributed by atoms with Crippen LogP contribution in [0.1, 0.15) is 12.5 Å². The highest BCUT2D eigenvalue weighted by Crippen LogP contribution is 2.18. The maximum absolute atomic E-state index is 12.0. The van der Waals surface area contributed by atoms with Crippen molar-refractivity contribution >= 4 is 29.0 Å². The third-order valence-corrected chi connectivity index (χ3v) is 3.90. The number of amides is 1. The molecule has 19 heavy (non-hydrogen) atoms. The molecule has 1 atom stereocenters. The Bertz CT molecular complexity index is 437. The fourth-order valence-corrected chi connectivity index (χ4v) is 2.45. The number of nitrogens with one attached hydrogen (secondary N) is 1. The highest BCUT2D eigenvalue weighted by atomic mass is 32.2. The standard InChI is InChI=1S/C14H23N3OS/c1-10-5-6-12(15)7-13(10)16-14(18)8-17(3)11(2)9-19-4/h5-7,11H,8-9,15H2,1-4H3,(H,16,18). The molecule has 0 saturated heterocycles. The summed E-state index contributed by atoms with van der Waals surface area (Å²) in [6.45, 7) is 4.46. The number of aryl methyl sites for hydroxylation is 1. The number of carbonyl (C=O) groups excluding carboxylic acids is 1. The molecule has 5 heteroatoms. The van der Waals surface area contributed by atoms with Crippen molar-refractivity contribution in [2.45, 2.75) is 19.9 Å². The van der Waals surface area contributed by atoms with Crippen LogP contribution < -0.4 is 11.1 Å². The highest BCUT2D eigenvalue weighted by Gasteiger charge is 2.13. The molecule has 3 N–H and O–H groups in total. The smallest absolute Gasteiger partial charge is 0.238 e. The van der Waals surface area contributed by atoms with E-state index in [0.29, 0.717) is 18.3 Å². The van der Waals surface area contributed by atoms with E-state index in [-0.39, 0.29) is 5.91 Å². The molecule has 0 heterocycles. The average Bonchev–Trinajstić information content (AvgIpc) is 2.34. The average molecular weight is 281 g/mol. The Morgan fingerprint density at radius 2 is 2.21 bits per heavy atom. The highest BCUT2D eigenvalue weighted by molar-refractivity contribution is 7.98. The van der Waals surface area contributed by atoms with Gasteiger partial charge in [0, 0.05) is 23.2 Å². The summed E-state index contributed by atoms with van der Waals surface area (Å²) in [4.78, 5) is 14.0. The molecule has 0 bridgehead atoms. The number of nitrogen functional groups attached to an aromatic ring is 1. The van der Waals surface area contributed by atoms with Crippen LogP contribution >= 0.6 is 11.8 Å². The molecule has 0 aliphatic heterocycles. The zero-order valence-electron chi connectivity index (χ0n) is 12.1. The van der Waals surface area contributed by atoms with Crippen molar-refractivity contribution in [2.75, 3.05) is 36.7 Å². The first kappa shape index (κ1) is 15.9. The number of hydrogen-bond acceptors (Lipinski definition) is 4. The van der Waals surface area contributed by atoms with Gasteiger partial charge in [0.1, 0.15) is 0 Å². The molecule has 0 spiro atoms. The Balaban J connectivity index is 2.57. The molecule has 0 aliphatic rings. The van der Waals surface area contributed by atoms with Gasteiger partial charge in [-0.05, 0) is 44.8 Å². The normalized spacial score (nSPS) is 12.5. The van der Waals surface area contributed by atoms with Gasteiger partial charge in [0.15, 0.2) is 0 Å². The molecule has 0 aromatic heterocycles. The summed E-state index contributed by atoms with van der Waals surface area (Å²) in [5.74, 6) is 1.00. The van der Waals surface area contributed by atoms with E-state index in [9.17, 15) is 4.79 Å². The third kappa shape index (κ3) is 5.12. The number of rotatable bonds is 6. The van der Waals surface area contributed by atoms with E-state index < -0.39 is 0 Å². The first-order valence-corrected chi connectivity index (χ1v) is 7.68. The summed E-state index contributed by atoms with van der Waals surface area (Å²) >= 11 is 1.78. The predicted molar refractivity (Wildman–Crippen MR) is 84.7 cm³/mol. The van der Waals surface area contributed by atoms with Crippen molar-refractivity contribution in [1.82, 2.24) is 4.90 Å². The second kappa shape index (κ2) is 7.40. The zero-order chi connectivity index (χ0) is 14.4. The minimum atomic E-state index is -0.0100. The fraction of sp³-hybridized carbons (Fsp3) is 0.500. The lowest BCUT2D eigenvalue weighted by atomic mass is 10.2. The van der Waals surface area contributed by atoms with E-state index in [1.807, 2.05) is 31.0 Å². The number of likely N-dealkylation sites (N-methyl/N-ethyl adjacent to an activating group) is 1. The number of anilines is 2. The molecule has 0 fully saturated rings. The third-order valence-electron chi connectivity index (χ3n) is 3.09. The summed E-state index contributed by atoms with van der Waals surface area (Å²) in [7, 11) is 1.96. The molecule has 106 valence electrons. The van der Waals surface area contributed by atoms with Gasteiger partial charge < -0.3 is 11.1 Å². The predicted octanol–water partition coefficient (Wildman–Crippen LogP) is 2.20. The van der Waals surface area contributed by atoms with Crippen molar-refractivity contribution in [2.24, 2.45) is 0 Å². The molecular weight excluding hydrogens is 258 g/mol. The number of hydrogen-bond donors (Lipinski definition) is 2. The lowest BCUT2D eigenvalue weighted by molar-refractivity contribution is -0.117. The Kier molecular flexibility index (Phi) is 6.18. The van der Waals surface area contributed by atoms with Crippen molar-refractivity contribution in [3.8, 4) is 0 Å². The van der Waals surface area contributed by atoms with E-state index >= 15 is 0 Å². The lowest BCUT2D eigenvalue weighted by Gasteiger charge is -2.23. The van der Waals surface area contributed by atoms with Crippen LogP contribution in [-0.2, 0) is 4.79 Å². The van der Waals surface area contributed by atoms with Crippen molar-refractivity contribution in [3.05, 3.63) is 23.8 Å². The molecule has 0 saturated carbocycles. The summed E-state index contributed by atoms with van der Waals surface area (Å²) in [5.41, 5.74) is 8.19. The monoisotopic (exact) mass is 281 g/mol. The summed E-state index contributed by atoms with van der Waals surface area (Å²) < 4.78 is 0. The van der Waals surface area contributed by atoms with Crippen molar-refractivity contribution < 1.29 is 4.79 Å². The van der Waals surface area contributed by atoms with E-state index in [2.05, 4.69) is 18.5 Å².